The Morgan fingerprint density at radius 1 is 1.06 bits per heavy atom. The zero-order chi connectivity index (χ0) is 13.4. The fourth-order valence-corrected chi connectivity index (χ4v) is 1.59. The van der Waals surface area contributed by atoms with Crippen molar-refractivity contribution in [3.8, 4) is 5.75 Å². The summed E-state index contributed by atoms with van der Waals surface area (Å²) in [6.45, 7) is 10.3. The number of nitrogens with zero attached hydrogens (tertiary/aromatic N) is 1. The van der Waals surface area contributed by atoms with Crippen LogP contribution in [-0.2, 0) is 0 Å². The van der Waals surface area contributed by atoms with Crippen LogP contribution in [-0.4, -0.2) is 18.0 Å². The molecule has 18 heavy (non-hydrogen) atoms. The van der Waals surface area contributed by atoms with Gasteiger partial charge in [0.2, 0.25) is 0 Å². The van der Waals surface area contributed by atoms with Crippen molar-refractivity contribution in [1.29, 1.82) is 0 Å². The molecule has 0 saturated heterocycles. The molecule has 0 bridgehead atoms. The van der Waals surface area contributed by atoms with Crippen LogP contribution < -0.4 is 4.74 Å². The molecule has 0 aliphatic carbocycles. The van der Waals surface area contributed by atoms with Gasteiger partial charge in [0.1, 0.15) is 5.75 Å². The highest BCUT2D eigenvalue weighted by molar-refractivity contribution is 5.24. The van der Waals surface area contributed by atoms with Gasteiger partial charge in [-0.15, -0.1) is 0 Å². The second-order valence-electron chi connectivity index (χ2n) is 4.34. The lowest BCUT2D eigenvalue weighted by molar-refractivity contribution is 0.231. The van der Waals surface area contributed by atoms with Crippen LogP contribution in [0, 0.1) is 0 Å². The minimum atomic E-state index is 0.873. The lowest BCUT2D eigenvalue weighted by atomic mass is 10.3. The second-order valence-corrected chi connectivity index (χ2v) is 4.34. The summed E-state index contributed by atoms with van der Waals surface area (Å²) in [7, 11) is 0. The van der Waals surface area contributed by atoms with E-state index in [0.29, 0.717) is 0 Å². The first-order valence-corrected chi connectivity index (χ1v) is 6.50. The zero-order valence-electron chi connectivity index (χ0n) is 11.8. The molecule has 0 N–H and O–H groups in total. The van der Waals surface area contributed by atoms with Crippen LogP contribution in [0.5, 0.6) is 5.75 Å². The quantitative estimate of drug-likeness (QED) is 0.549. The van der Waals surface area contributed by atoms with Gasteiger partial charge >= 0.3 is 0 Å². The maximum atomic E-state index is 5.95. The van der Waals surface area contributed by atoms with E-state index in [1.165, 1.54) is 5.57 Å². The summed E-state index contributed by atoms with van der Waals surface area (Å²) in [5.74, 6) is 1.77. The number of benzene rings is 1. The molecule has 0 saturated carbocycles. The zero-order valence-corrected chi connectivity index (χ0v) is 11.8. The van der Waals surface area contributed by atoms with Crippen molar-refractivity contribution < 1.29 is 4.74 Å². The van der Waals surface area contributed by atoms with Gasteiger partial charge < -0.3 is 9.64 Å². The van der Waals surface area contributed by atoms with Gasteiger partial charge in [-0.25, -0.2) is 0 Å². The van der Waals surface area contributed by atoms with Crippen LogP contribution in [0.4, 0.5) is 0 Å². The topological polar surface area (TPSA) is 12.5 Å². The van der Waals surface area contributed by atoms with E-state index in [9.17, 15) is 0 Å². The molecule has 0 radical (unpaired) electrons. The summed E-state index contributed by atoms with van der Waals surface area (Å²) in [5, 5.41) is 0. The molecule has 0 fully saturated rings. The average Bonchev–Trinajstić information content (AvgIpc) is 2.38. The van der Waals surface area contributed by atoms with Crippen molar-refractivity contribution in [2.45, 2.75) is 27.7 Å². The molecule has 0 unspecified atom stereocenters. The maximum Gasteiger partial charge on any atom is 0.195 e. The summed E-state index contributed by atoms with van der Waals surface area (Å²) in [5.41, 5.74) is 1.26. The van der Waals surface area contributed by atoms with Gasteiger partial charge in [0.05, 0.1) is 0 Å². The van der Waals surface area contributed by atoms with Crippen molar-refractivity contribution in [2.75, 3.05) is 13.1 Å². The molecule has 1 aromatic rings. The molecular weight excluding hydrogens is 222 g/mol. The van der Waals surface area contributed by atoms with Crippen LogP contribution >= 0.6 is 0 Å². The molecule has 0 aliphatic rings. The molecule has 0 aromatic heterocycles. The van der Waals surface area contributed by atoms with Gasteiger partial charge in [-0.05, 0) is 45.9 Å². The lowest BCUT2D eigenvalue weighted by Crippen LogP contribution is -2.25. The second kappa shape index (κ2) is 7.59. The van der Waals surface area contributed by atoms with Crippen LogP contribution in [0.3, 0.4) is 0 Å². The largest absolute Gasteiger partial charge is 0.441 e. The number of hydrogen-bond acceptors (Lipinski definition) is 2. The monoisotopic (exact) mass is 245 g/mol. The summed E-state index contributed by atoms with van der Waals surface area (Å²) < 4.78 is 5.95. The fourth-order valence-electron chi connectivity index (χ4n) is 1.59. The number of ether oxygens (including phenoxy) is 1. The molecule has 2 heteroatoms. The van der Waals surface area contributed by atoms with Crippen molar-refractivity contribution in [3.05, 3.63) is 53.9 Å². The van der Waals surface area contributed by atoms with Crippen LogP contribution in [0.25, 0.3) is 0 Å². The standard InChI is InChI=1S/C16H23NO/c1-5-17(6-2)16(13-12-14(3)4)18-15-10-8-7-9-11-15/h7-13H,5-6H2,1-4H3. The van der Waals surface area contributed by atoms with E-state index < -0.39 is 0 Å². The summed E-state index contributed by atoms with van der Waals surface area (Å²) in [4.78, 5) is 2.20. The molecule has 1 aromatic carbocycles. The minimum Gasteiger partial charge on any atom is -0.441 e. The average molecular weight is 245 g/mol. The highest BCUT2D eigenvalue weighted by atomic mass is 16.5. The van der Waals surface area contributed by atoms with Crippen molar-refractivity contribution in [1.82, 2.24) is 4.90 Å². The number of rotatable bonds is 6. The highest BCUT2D eigenvalue weighted by Gasteiger charge is 2.07. The Bertz CT molecular complexity index is 398. The first-order chi connectivity index (χ1) is 8.67. The van der Waals surface area contributed by atoms with E-state index in [2.05, 4.69) is 38.7 Å². The molecule has 98 valence electrons. The molecular formula is C16H23NO. The van der Waals surface area contributed by atoms with Gasteiger partial charge in [0.25, 0.3) is 0 Å². The van der Waals surface area contributed by atoms with E-state index in [-0.39, 0.29) is 0 Å². The SMILES string of the molecule is CCN(CC)C(=CC=C(C)C)Oc1ccccc1. The first kappa shape index (κ1) is 14.4. The predicted molar refractivity (Wildman–Crippen MR) is 77.5 cm³/mol. The maximum absolute atomic E-state index is 5.95. The Morgan fingerprint density at radius 2 is 1.67 bits per heavy atom. The van der Waals surface area contributed by atoms with E-state index in [4.69, 9.17) is 4.74 Å². The van der Waals surface area contributed by atoms with Crippen LogP contribution in [0.2, 0.25) is 0 Å². The minimum absolute atomic E-state index is 0.873. The van der Waals surface area contributed by atoms with Crippen molar-refractivity contribution >= 4 is 0 Å². The highest BCUT2D eigenvalue weighted by Crippen LogP contribution is 2.15. The smallest absolute Gasteiger partial charge is 0.195 e. The molecule has 0 spiro atoms. The van der Waals surface area contributed by atoms with Crippen LogP contribution in [0.15, 0.2) is 53.9 Å². The number of allylic oxidation sites excluding steroid dienone is 3. The Hall–Kier alpha value is -1.70. The third kappa shape index (κ3) is 4.66. The summed E-state index contributed by atoms with van der Waals surface area (Å²) in [6, 6.07) is 9.90. The summed E-state index contributed by atoms with van der Waals surface area (Å²) in [6.07, 6.45) is 4.12. The molecule has 0 heterocycles. The van der Waals surface area contributed by atoms with Gasteiger partial charge in [-0.1, -0.05) is 29.8 Å². The molecule has 0 aliphatic heterocycles. The van der Waals surface area contributed by atoms with E-state index in [1.807, 2.05) is 36.4 Å². The Labute approximate surface area is 111 Å². The molecule has 2 nitrogen and oxygen atoms in total. The van der Waals surface area contributed by atoms with Crippen LogP contribution in [0.1, 0.15) is 27.7 Å². The molecule has 0 atom stereocenters. The Kier molecular flexibility index (Phi) is 6.06. The summed E-state index contributed by atoms with van der Waals surface area (Å²) >= 11 is 0. The third-order valence-corrected chi connectivity index (χ3v) is 2.60. The molecule has 1 rings (SSSR count). The number of para-hydroxylation sites is 1. The molecule has 0 amide bonds. The van der Waals surface area contributed by atoms with E-state index in [1.54, 1.807) is 0 Å². The van der Waals surface area contributed by atoms with Gasteiger partial charge in [-0.3, -0.25) is 0 Å². The Morgan fingerprint density at radius 3 is 2.17 bits per heavy atom. The normalized spacial score (nSPS) is 11.0. The van der Waals surface area contributed by atoms with E-state index in [0.717, 1.165) is 24.7 Å². The van der Waals surface area contributed by atoms with Gasteiger partial charge in [0, 0.05) is 13.1 Å². The van der Waals surface area contributed by atoms with E-state index >= 15 is 0 Å². The number of hydrogen-bond donors (Lipinski definition) is 0. The first-order valence-electron chi connectivity index (χ1n) is 6.50. The lowest BCUT2D eigenvalue weighted by Gasteiger charge is -2.23. The predicted octanol–water partition coefficient (Wildman–Crippen LogP) is 4.21. The van der Waals surface area contributed by atoms with Crippen molar-refractivity contribution in [2.24, 2.45) is 0 Å². The van der Waals surface area contributed by atoms with Crippen molar-refractivity contribution in [3.63, 3.8) is 0 Å². The fraction of sp³-hybridized carbons (Fsp3) is 0.375. The Balaban J connectivity index is 2.91. The van der Waals surface area contributed by atoms with Gasteiger partial charge in [-0.2, -0.15) is 0 Å². The third-order valence-electron chi connectivity index (χ3n) is 2.60. The van der Waals surface area contributed by atoms with Gasteiger partial charge in [0.15, 0.2) is 5.88 Å².